The van der Waals surface area contributed by atoms with E-state index in [0.29, 0.717) is 11.1 Å². The summed E-state index contributed by atoms with van der Waals surface area (Å²) in [6.07, 6.45) is 1.33. The van der Waals surface area contributed by atoms with E-state index in [-0.39, 0.29) is 6.61 Å². The van der Waals surface area contributed by atoms with E-state index in [0.717, 1.165) is 30.8 Å². The van der Waals surface area contributed by atoms with Crippen LogP contribution >= 0.6 is 11.6 Å². The van der Waals surface area contributed by atoms with Crippen molar-refractivity contribution in [2.24, 2.45) is 0 Å². The molecule has 1 fully saturated rings. The van der Waals surface area contributed by atoms with Crippen LogP contribution in [0, 0.1) is 0 Å². The van der Waals surface area contributed by atoms with Gasteiger partial charge in [0, 0.05) is 36.5 Å². The fourth-order valence-electron chi connectivity index (χ4n) is 2.13. The molecule has 0 saturated carbocycles. The van der Waals surface area contributed by atoms with Crippen molar-refractivity contribution in [1.82, 2.24) is 0 Å². The molecule has 16 heavy (non-hydrogen) atoms. The van der Waals surface area contributed by atoms with Crippen molar-refractivity contribution in [2.75, 3.05) is 25.1 Å². The van der Waals surface area contributed by atoms with E-state index in [2.05, 4.69) is 4.90 Å². The maximum atomic E-state index is 9.31. The van der Waals surface area contributed by atoms with Gasteiger partial charge in [-0.05, 0) is 24.6 Å². The molecule has 1 saturated heterocycles. The molecule has 0 bridgehead atoms. The van der Waals surface area contributed by atoms with Crippen molar-refractivity contribution in [3.05, 3.63) is 28.8 Å². The van der Waals surface area contributed by atoms with E-state index >= 15 is 0 Å². The SMILES string of the molecule is COC1CCN(c2ccc(Cl)cc2CO)C1. The summed E-state index contributed by atoms with van der Waals surface area (Å²) < 4.78 is 5.33. The largest absolute Gasteiger partial charge is 0.392 e. The first-order valence-electron chi connectivity index (χ1n) is 5.41. The fourth-order valence-corrected chi connectivity index (χ4v) is 2.32. The summed E-state index contributed by atoms with van der Waals surface area (Å²) in [6.45, 7) is 1.86. The Morgan fingerprint density at radius 2 is 2.38 bits per heavy atom. The monoisotopic (exact) mass is 241 g/mol. The number of rotatable bonds is 3. The number of benzene rings is 1. The Hall–Kier alpha value is -0.770. The number of hydrogen-bond donors (Lipinski definition) is 1. The average molecular weight is 242 g/mol. The summed E-state index contributed by atoms with van der Waals surface area (Å²) in [5.74, 6) is 0. The van der Waals surface area contributed by atoms with Gasteiger partial charge in [-0.15, -0.1) is 0 Å². The first-order valence-corrected chi connectivity index (χ1v) is 5.79. The summed E-state index contributed by atoms with van der Waals surface area (Å²) in [4.78, 5) is 2.23. The molecule has 0 spiro atoms. The third kappa shape index (κ3) is 2.32. The Balaban J connectivity index is 2.20. The van der Waals surface area contributed by atoms with Crippen LogP contribution in [0.25, 0.3) is 0 Å². The van der Waals surface area contributed by atoms with Gasteiger partial charge in [0.2, 0.25) is 0 Å². The smallest absolute Gasteiger partial charge is 0.0762 e. The summed E-state index contributed by atoms with van der Waals surface area (Å²) >= 11 is 5.90. The molecule has 0 radical (unpaired) electrons. The standard InChI is InChI=1S/C12H16ClNO2/c1-16-11-4-5-14(7-11)12-3-2-10(13)6-9(12)8-15/h2-3,6,11,15H,4-5,7-8H2,1H3. The number of methoxy groups -OCH3 is 1. The second kappa shape index (κ2) is 5.04. The lowest BCUT2D eigenvalue weighted by Crippen LogP contribution is -2.23. The molecule has 0 aromatic heterocycles. The topological polar surface area (TPSA) is 32.7 Å². The van der Waals surface area contributed by atoms with Gasteiger partial charge in [-0.3, -0.25) is 0 Å². The highest BCUT2D eigenvalue weighted by Gasteiger charge is 2.23. The van der Waals surface area contributed by atoms with E-state index in [1.807, 2.05) is 18.2 Å². The van der Waals surface area contributed by atoms with Crippen molar-refractivity contribution >= 4 is 17.3 Å². The van der Waals surface area contributed by atoms with Crippen LogP contribution in [-0.2, 0) is 11.3 Å². The Bertz CT molecular complexity index is 370. The summed E-state index contributed by atoms with van der Waals surface area (Å²) in [7, 11) is 1.74. The Morgan fingerprint density at radius 1 is 1.56 bits per heavy atom. The lowest BCUT2D eigenvalue weighted by atomic mass is 10.1. The molecule has 1 aromatic rings. The minimum Gasteiger partial charge on any atom is -0.392 e. The Labute approximate surface area is 101 Å². The summed E-state index contributed by atoms with van der Waals surface area (Å²) in [6, 6.07) is 5.64. The van der Waals surface area contributed by atoms with Crippen LogP contribution < -0.4 is 4.90 Å². The maximum absolute atomic E-state index is 9.31. The average Bonchev–Trinajstić information content (AvgIpc) is 2.77. The van der Waals surface area contributed by atoms with E-state index < -0.39 is 0 Å². The van der Waals surface area contributed by atoms with Gasteiger partial charge in [-0.1, -0.05) is 11.6 Å². The van der Waals surface area contributed by atoms with Crippen LogP contribution in [0.1, 0.15) is 12.0 Å². The molecule has 1 atom stereocenters. The predicted octanol–water partition coefficient (Wildman–Crippen LogP) is 2.06. The molecule has 4 heteroatoms. The third-order valence-electron chi connectivity index (χ3n) is 3.03. The first-order chi connectivity index (χ1) is 7.74. The zero-order chi connectivity index (χ0) is 11.5. The van der Waals surface area contributed by atoms with Crippen LogP contribution in [0.5, 0.6) is 0 Å². The van der Waals surface area contributed by atoms with Crippen LogP contribution in [0.3, 0.4) is 0 Å². The number of ether oxygens (including phenoxy) is 1. The van der Waals surface area contributed by atoms with Crippen molar-refractivity contribution in [1.29, 1.82) is 0 Å². The summed E-state index contributed by atoms with van der Waals surface area (Å²) in [5, 5.41) is 9.97. The molecule has 1 aromatic carbocycles. The molecule has 2 rings (SSSR count). The van der Waals surface area contributed by atoms with Gasteiger partial charge >= 0.3 is 0 Å². The highest BCUT2D eigenvalue weighted by atomic mass is 35.5. The number of anilines is 1. The number of nitrogens with zero attached hydrogens (tertiary/aromatic N) is 1. The quantitative estimate of drug-likeness (QED) is 0.879. The van der Waals surface area contributed by atoms with E-state index in [9.17, 15) is 5.11 Å². The van der Waals surface area contributed by atoms with Gasteiger partial charge in [0.25, 0.3) is 0 Å². The normalized spacial score (nSPS) is 20.4. The summed E-state index contributed by atoms with van der Waals surface area (Å²) in [5.41, 5.74) is 1.94. The van der Waals surface area contributed by atoms with E-state index in [4.69, 9.17) is 16.3 Å². The Kier molecular flexibility index (Phi) is 3.69. The molecule has 0 amide bonds. The molecule has 1 N–H and O–H groups in total. The zero-order valence-electron chi connectivity index (χ0n) is 9.32. The first kappa shape index (κ1) is 11.7. The lowest BCUT2D eigenvalue weighted by molar-refractivity contribution is 0.121. The second-order valence-corrected chi connectivity index (χ2v) is 4.46. The van der Waals surface area contributed by atoms with Gasteiger partial charge in [0.05, 0.1) is 12.7 Å². The van der Waals surface area contributed by atoms with Gasteiger partial charge in [0.1, 0.15) is 0 Å². The number of aliphatic hydroxyl groups is 1. The molecule has 1 heterocycles. The molecule has 88 valence electrons. The molecular weight excluding hydrogens is 226 g/mol. The molecular formula is C12H16ClNO2. The predicted molar refractivity (Wildman–Crippen MR) is 65.0 cm³/mol. The van der Waals surface area contributed by atoms with Crippen molar-refractivity contribution in [3.8, 4) is 0 Å². The zero-order valence-corrected chi connectivity index (χ0v) is 10.1. The van der Waals surface area contributed by atoms with Crippen LogP contribution in [-0.4, -0.2) is 31.4 Å². The molecule has 1 aliphatic rings. The minimum absolute atomic E-state index is 0.0179. The van der Waals surface area contributed by atoms with E-state index in [1.54, 1.807) is 7.11 Å². The van der Waals surface area contributed by atoms with Gasteiger partial charge in [-0.2, -0.15) is 0 Å². The number of hydrogen-bond acceptors (Lipinski definition) is 3. The minimum atomic E-state index is 0.0179. The van der Waals surface area contributed by atoms with Crippen LogP contribution in [0.15, 0.2) is 18.2 Å². The van der Waals surface area contributed by atoms with Crippen molar-refractivity contribution < 1.29 is 9.84 Å². The highest BCUT2D eigenvalue weighted by Crippen LogP contribution is 2.28. The van der Waals surface area contributed by atoms with Gasteiger partial charge in [0.15, 0.2) is 0 Å². The number of halogens is 1. The third-order valence-corrected chi connectivity index (χ3v) is 3.27. The fraction of sp³-hybridized carbons (Fsp3) is 0.500. The Morgan fingerprint density at radius 3 is 3.00 bits per heavy atom. The molecule has 1 aliphatic heterocycles. The van der Waals surface area contributed by atoms with Gasteiger partial charge in [-0.25, -0.2) is 0 Å². The van der Waals surface area contributed by atoms with Crippen molar-refractivity contribution in [2.45, 2.75) is 19.1 Å². The second-order valence-electron chi connectivity index (χ2n) is 4.02. The van der Waals surface area contributed by atoms with Crippen molar-refractivity contribution in [3.63, 3.8) is 0 Å². The van der Waals surface area contributed by atoms with Crippen LogP contribution in [0.2, 0.25) is 5.02 Å². The molecule has 3 nitrogen and oxygen atoms in total. The molecule has 1 unspecified atom stereocenters. The highest BCUT2D eigenvalue weighted by molar-refractivity contribution is 6.30. The van der Waals surface area contributed by atoms with Gasteiger partial charge < -0.3 is 14.7 Å². The number of aliphatic hydroxyl groups excluding tert-OH is 1. The van der Waals surface area contributed by atoms with Crippen LogP contribution in [0.4, 0.5) is 5.69 Å². The van der Waals surface area contributed by atoms with E-state index in [1.165, 1.54) is 0 Å². The maximum Gasteiger partial charge on any atom is 0.0762 e. The molecule has 0 aliphatic carbocycles. The lowest BCUT2D eigenvalue weighted by Gasteiger charge is -2.21.